The first kappa shape index (κ1) is 16.9. The Labute approximate surface area is 139 Å². The van der Waals surface area contributed by atoms with Gasteiger partial charge in [0.05, 0.1) is 17.9 Å². The molecule has 0 aliphatic carbocycles. The number of nitrogens with one attached hydrogen (secondary N) is 1. The number of rotatable bonds is 3. The van der Waals surface area contributed by atoms with Gasteiger partial charge in [-0.2, -0.15) is 18.3 Å². The summed E-state index contributed by atoms with van der Waals surface area (Å²) in [5.41, 5.74) is 0.912. The molecule has 2 atom stereocenters. The number of ether oxygens (including phenoxy) is 1. The Kier molecular flexibility index (Phi) is 3.97. The molecule has 132 valence electrons. The van der Waals surface area contributed by atoms with E-state index in [2.05, 4.69) is 10.5 Å². The van der Waals surface area contributed by atoms with Crippen LogP contribution < -0.4 is 10.3 Å². The molecule has 7 nitrogen and oxygen atoms in total. The molecular weight excluding hydrogens is 343 g/mol. The number of hydrogen-bond donors (Lipinski definition) is 1. The third kappa shape index (κ3) is 2.73. The lowest BCUT2D eigenvalue weighted by atomic mass is 9.99. The van der Waals surface area contributed by atoms with Crippen LogP contribution in [0.2, 0.25) is 0 Å². The zero-order valence-electron chi connectivity index (χ0n) is 12.8. The smallest absolute Gasteiger partial charge is 0.416 e. The molecule has 0 radical (unpaired) electrons. The molecule has 1 saturated heterocycles. The average molecular weight is 355 g/mol. The highest BCUT2D eigenvalue weighted by Crippen LogP contribution is 2.35. The normalized spacial score (nSPS) is 22.6. The zero-order valence-corrected chi connectivity index (χ0v) is 12.8. The van der Waals surface area contributed by atoms with E-state index in [0.29, 0.717) is 11.0 Å². The number of carbonyl (C=O) groups is 3. The predicted molar refractivity (Wildman–Crippen MR) is 78.4 cm³/mol. The molecule has 2 aliphatic rings. The van der Waals surface area contributed by atoms with E-state index in [1.165, 1.54) is 6.07 Å². The van der Waals surface area contributed by atoms with Gasteiger partial charge in [0.25, 0.3) is 5.91 Å². The lowest BCUT2D eigenvalue weighted by Gasteiger charge is -2.17. The van der Waals surface area contributed by atoms with E-state index in [1.807, 2.05) is 0 Å². The number of fused-ring (bicyclic) bond motifs is 1. The molecule has 0 bridgehead atoms. The molecule has 2 aliphatic heterocycles. The van der Waals surface area contributed by atoms with Crippen molar-refractivity contribution in [2.75, 3.05) is 11.5 Å². The summed E-state index contributed by atoms with van der Waals surface area (Å²) in [5, 5.41) is 3.67. The number of anilines is 1. The number of nitrogens with zero attached hydrogens (tertiary/aromatic N) is 2. The van der Waals surface area contributed by atoms with Crippen molar-refractivity contribution in [2.24, 2.45) is 11.0 Å². The van der Waals surface area contributed by atoms with Gasteiger partial charge in [0.1, 0.15) is 12.0 Å². The van der Waals surface area contributed by atoms with E-state index < -0.39 is 41.5 Å². The van der Waals surface area contributed by atoms with Gasteiger partial charge in [-0.05, 0) is 25.1 Å². The minimum Gasteiger partial charge on any atom is -0.461 e. The number of amides is 2. The molecule has 2 amide bonds. The summed E-state index contributed by atoms with van der Waals surface area (Å²) in [5.74, 6) is -3.68. The van der Waals surface area contributed by atoms with Crippen molar-refractivity contribution in [1.82, 2.24) is 5.43 Å². The fourth-order valence-corrected chi connectivity index (χ4v) is 2.74. The van der Waals surface area contributed by atoms with Gasteiger partial charge in [-0.15, -0.1) is 0 Å². The lowest BCUT2D eigenvalue weighted by Crippen LogP contribution is -2.36. The SMILES string of the molecule is CCOC(=O)C1=NN[C@H]2C(=O)N(c3cccc(C(F)(F)F)c3)C(=O)[C@H]12. The van der Waals surface area contributed by atoms with Crippen LogP contribution in [0, 0.1) is 5.92 Å². The van der Waals surface area contributed by atoms with Crippen LogP contribution in [-0.4, -0.2) is 36.1 Å². The third-order valence-electron chi connectivity index (χ3n) is 3.84. The minimum atomic E-state index is -4.62. The summed E-state index contributed by atoms with van der Waals surface area (Å²) in [6, 6.07) is 2.71. The number of carbonyl (C=O) groups excluding carboxylic acids is 3. The van der Waals surface area contributed by atoms with E-state index in [9.17, 15) is 27.6 Å². The quantitative estimate of drug-likeness (QED) is 0.648. The standard InChI is InChI=1S/C15H12F3N3O4/c1-2-25-14(24)11-9-10(19-20-11)13(23)21(12(9)22)8-5-3-4-7(6-8)15(16,17)18/h3-6,9-10,19H,2H2,1H3/t9-,10+/m0/s1. The Morgan fingerprint density at radius 3 is 2.68 bits per heavy atom. The fraction of sp³-hybridized carbons (Fsp3) is 0.333. The van der Waals surface area contributed by atoms with Gasteiger partial charge < -0.3 is 4.74 Å². The van der Waals surface area contributed by atoms with Crippen molar-refractivity contribution in [2.45, 2.75) is 19.1 Å². The van der Waals surface area contributed by atoms with E-state index in [0.717, 1.165) is 12.1 Å². The number of benzene rings is 1. The Morgan fingerprint density at radius 2 is 2.04 bits per heavy atom. The monoisotopic (exact) mass is 355 g/mol. The van der Waals surface area contributed by atoms with Gasteiger partial charge in [0, 0.05) is 0 Å². The summed E-state index contributed by atoms with van der Waals surface area (Å²) in [6.07, 6.45) is -4.62. The van der Waals surface area contributed by atoms with Crippen LogP contribution in [0.4, 0.5) is 18.9 Å². The highest BCUT2D eigenvalue weighted by atomic mass is 19.4. The number of esters is 1. The maximum absolute atomic E-state index is 12.9. The summed E-state index contributed by atoms with van der Waals surface area (Å²) < 4.78 is 43.3. The molecule has 3 rings (SSSR count). The lowest BCUT2D eigenvalue weighted by molar-refractivity contribution is -0.137. The molecule has 0 aromatic heterocycles. The highest BCUT2D eigenvalue weighted by molar-refractivity contribution is 6.46. The van der Waals surface area contributed by atoms with Crippen LogP contribution in [0.5, 0.6) is 0 Å². The van der Waals surface area contributed by atoms with Crippen LogP contribution >= 0.6 is 0 Å². The first-order valence-electron chi connectivity index (χ1n) is 7.31. The maximum atomic E-state index is 12.9. The minimum absolute atomic E-state index is 0.0503. The molecule has 0 spiro atoms. The molecule has 10 heteroatoms. The number of halogens is 3. The van der Waals surface area contributed by atoms with Gasteiger partial charge in [-0.25, -0.2) is 9.69 Å². The van der Waals surface area contributed by atoms with Crippen molar-refractivity contribution in [3.63, 3.8) is 0 Å². The molecule has 0 unspecified atom stereocenters. The van der Waals surface area contributed by atoms with Gasteiger partial charge in [-0.3, -0.25) is 15.0 Å². The van der Waals surface area contributed by atoms with Crippen LogP contribution in [-0.2, 0) is 25.3 Å². The molecule has 1 aromatic carbocycles. The third-order valence-corrected chi connectivity index (χ3v) is 3.84. The molecule has 1 aromatic rings. The molecule has 25 heavy (non-hydrogen) atoms. The summed E-state index contributed by atoms with van der Waals surface area (Å²) in [6.45, 7) is 1.61. The Bertz CT molecular complexity index is 790. The first-order valence-corrected chi connectivity index (χ1v) is 7.31. The topological polar surface area (TPSA) is 88.1 Å². The molecule has 1 N–H and O–H groups in total. The van der Waals surface area contributed by atoms with Crippen molar-refractivity contribution >= 4 is 29.2 Å². The predicted octanol–water partition coefficient (Wildman–Crippen LogP) is 1.09. The van der Waals surface area contributed by atoms with Crippen molar-refractivity contribution in [3.05, 3.63) is 29.8 Å². The van der Waals surface area contributed by atoms with E-state index in [1.54, 1.807) is 6.92 Å². The van der Waals surface area contributed by atoms with Gasteiger partial charge >= 0.3 is 12.1 Å². The molecule has 1 fully saturated rings. The molecular formula is C15H12F3N3O4. The zero-order chi connectivity index (χ0) is 18.4. The molecule has 2 heterocycles. The van der Waals surface area contributed by atoms with E-state index >= 15 is 0 Å². The van der Waals surface area contributed by atoms with Crippen molar-refractivity contribution < 1.29 is 32.3 Å². The van der Waals surface area contributed by atoms with Crippen LogP contribution in [0.25, 0.3) is 0 Å². The second-order valence-corrected chi connectivity index (χ2v) is 5.36. The van der Waals surface area contributed by atoms with Crippen molar-refractivity contribution in [1.29, 1.82) is 0 Å². The Hall–Kier alpha value is -2.91. The number of alkyl halides is 3. The first-order chi connectivity index (χ1) is 11.8. The average Bonchev–Trinajstić information content (AvgIpc) is 3.08. The van der Waals surface area contributed by atoms with Gasteiger partial charge in [0.2, 0.25) is 5.91 Å². The van der Waals surface area contributed by atoms with Crippen LogP contribution in [0.15, 0.2) is 29.4 Å². The largest absolute Gasteiger partial charge is 0.461 e. The number of imide groups is 1. The molecule has 0 saturated carbocycles. The van der Waals surface area contributed by atoms with Gasteiger partial charge in [-0.1, -0.05) is 6.07 Å². The highest BCUT2D eigenvalue weighted by Gasteiger charge is 2.55. The second-order valence-electron chi connectivity index (χ2n) is 5.36. The Balaban J connectivity index is 1.94. The summed E-state index contributed by atoms with van der Waals surface area (Å²) in [7, 11) is 0. The number of hydrazone groups is 1. The van der Waals surface area contributed by atoms with Gasteiger partial charge in [0.15, 0.2) is 5.71 Å². The summed E-state index contributed by atoms with van der Waals surface area (Å²) in [4.78, 5) is 37.5. The maximum Gasteiger partial charge on any atom is 0.416 e. The number of hydrogen-bond acceptors (Lipinski definition) is 6. The Morgan fingerprint density at radius 1 is 1.32 bits per heavy atom. The van der Waals surface area contributed by atoms with E-state index in [4.69, 9.17) is 4.74 Å². The summed E-state index contributed by atoms with van der Waals surface area (Å²) >= 11 is 0. The van der Waals surface area contributed by atoms with Crippen LogP contribution in [0.3, 0.4) is 0 Å². The van der Waals surface area contributed by atoms with Crippen LogP contribution in [0.1, 0.15) is 12.5 Å². The van der Waals surface area contributed by atoms with Crippen molar-refractivity contribution in [3.8, 4) is 0 Å². The second kappa shape index (κ2) is 5.87. The van der Waals surface area contributed by atoms with E-state index in [-0.39, 0.29) is 18.0 Å². The fourth-order valence-electron chi connectivity index (χ4n) is 2.74.